The quantitative estimate of drug-likeness (QED) is 0.840. The van der Waals surface area contributed by atoms with Gasteiger partial charge in [0.15, 0.2) is 0 Å². The first-order valence-electron chi connectivity index (χ1n) is 10.1. The topological polar surface area (TPSA) is 99.3 Å². The van der Waals surface area contributed by atoms with Crippen LogP contribution in [-0.4, -0.2) is 62.7 Å². The van der Waals surface area contributed by atoms with Crippen molar-refractivity contribution in [1.82, 2.24) is 24.8 Å². The second-order valence-corrected chi connectivity index (χ2v) is 7.97. The number of nitrogens with zero attached hydrogens (tertiary/aromatic N) is 4. The highest BCUT2D eigenvalue weighted by Crippen LogP contribution is 2.40. The smallest absolute Gasteiger partial charge is 0.273 e. The van der Waals surface area contributed by atoms with E-state index < -0.39 is 0 Å². The summed E-state index contributed by atoms with van der Waals surface area (Å²) < 4.78 is 0. The Morgan fingerprint density at radius 3 is 2.66 bits per heavy atom. The van der Waals surface area contributed by atoms with E-state index in [0.717, 1.165) is 44.1 Å². The van der Waals surface area contributed by atoms with Gasteiger partial charge in [0.2, 0.25) is 5.91 Å². The summed E-state index contributed by atoms with van der Waals surface area (Å²) in [6.45, 7) is 2.71. The molecule has 0 saturated carbocycles. The number of carbonyl (C=O) groups is 2. The molecule has 2 saturated heterocycles. The van der Waals surface area contributed by atoms with E-state index in [9.17, 15) is 14.4 Å². The molecule has 0 radical (unpaired) electrons. The lowest BCUT2D eigenvalue weighted by molar-refractivity contribution is -0.138. The molecule has 0 atom stereocenters. The molecule has 0 aromatic carbocycles. The van der Waals surface area contributed by atoms with Gasteiger partial charge < -0.3 is 14.8 Å². The molecule has 2 fully saturated rings. The summed E-state index contributed by atoms with van der Waals surface area (Å²) in [4.78, 5) is 50.8. The summed E-state index contributed by atoms with van der Waals surface area (Å²) in [7, 11) is 0. The van der Waals surface area contributed by atoms with Gasteiger partial charge in [-0.05, 0) is 36.8 Å². The summed E-state index contributed by atoms with van der Waals surface area (Å²) in [5, 5.41) is 0. The third-order valence-corrected chi connectivity index (χ3v) is 6.11. The first kappa shape index (κ1) is 19.3. The number of hydrogen-bond acceptors (Lipinski definition) is 5. The molecule has 4 rings (SSSR count). The zero-order valence-corrected chi connectivity index (χ0v) is 16.3. The largest absolute Gasteiger partial charge is 0.342 e. The van der Waals surface area contributed by atoms with Crippen LogP contribution in [0.3, 0.4) is 0 Å². The van der Waals surface area contributed by atoms with Crippen molar-refractivity contribution < 1.29 is 9.59 Å². The van der Waals surface area contributed by atoms with Crippen molar-refractivity contribution in [2.75, 3.05) is 26.2 Å². The van der Waals surface area contributed by atoms with Crippen LogP contribution < -0.4 is 5.56 Å². The summed E-state index contributed by atoms with van der Waals surface area (Å²) in [5.74, 6) is 0.0532. The minimum Gasteiger partial charge on any atom is -0.342 e. The monoisotopic (exact) mass is 395 g/mol. The minimum absolute atomic E-state index is 0.0766. The van der Waals surface area contributed by atoms with Crippen molar-refractivity contribution in [3.8, 4) is 0 Å². The molecule has 0 bridgehead atoms. The summed E-state index contributed by atoms with van der Waals surface area (Å²) in [6.07, 6.45) is 8.22. The number of aromatic nitrogens is 3. The number of nitrogens with one attached hydrogen (secondary N) is 1. The fourth-order valence-electron chi connectivity index (χ4n) is 4.32. The van der Waals surface area contributed by atoms with E-state index in [0.29, 0.717) is 26.1 Å². The Morgan fingerprint density at radius 1 is 1.14 bits per heavy atom. The third-order valence-electron chi connectivity index (χ3n) is 6.11. The van der Waals surface area contributed by atoms with Gasteiger partial charge in [0.05, 0.1) is 6.20 Å². The number of pyridine rings is 1. The van der Waals surface area contributed by atoms with Crippen LogP contribution in [0.15, 0.2) is 41.6 Å². The van der Waals surface area contributed by atoms with E-state index in [-0.39, 0.29) is 28.5 Å². The molecule has 2 aliphatic heterocycles. The Kier molecular flexibility index (Phi) is 5.42. The van der Waals surface area contributed by atoms with E-state index in [4.69, 9.17) is 0 Å². The molecule has 8 nitrogen and oxygen atoms in total. The van der Waals surface area contributed by atoms with Gasteiger partial charge in [-0.3, -0.25) is 19.4 Å². The van der Waals surface area contributed by atoms with Crippen LogP contribution >= 0.6 is 0 Å². The minimum atomic E-state index is -0.322. The van der Waals surface area contributed by atoms with Gasteiger partial charge in [-0.1, -0.05) is 6.07 Å². The van der Waals surface area contributed by atoms with Gasteiger partial charge in [0.25, 0.3) is 11.5 Å². The molecular weight excluding hydrogens is 370 g/mol. The number of aromatic amines is 1. The number of hydrogen-bond donors (Lipinski definition) is 1. The maximum atomic E-state index is 12.6. The number of carbonyl (C=O) groups excluding carboxylic acids is 2. The summed E-state index contributed by atoms with van der Waals surface area (Å²) in [6, 6.07) is 5.84. The van der Waals surface area contributed by atoms with Crippen LogP contribution in [0, 0.1) is 5.41 Å². The van der Waals surface area contributed by atoms with E-state index in [1.807, 2.05) is 23.1 Å². The second kappa shape index (κ2) is 8.14. The number of likely N-dealkylation sites (tertiary alicyclic amines) is 2. The van der Waals surface area contributed by atoms with E-state index >= 15 is 0 Å². The third kappa shape index (κ3) is 4.36. The molecule has 29 heavy (non-hydrogen) atoms. The van der Waals surface area contributed by atoms with Crippen molar-refractivity contribution in [2.45, 2.75) is 32.1 Å². The molecule has 0 unspecified atom stereocenters. The van der Waals surface area contributed by atoms with Crippen LogP contribution in [0.25, 0.3) is 0 Å². The number of H-pyrrole nitrogens is 1. The normalized spacial score (nSPS) is 18.8. The average molecular weight is 395 g/mol. The standard InChI is InChI=1S/C21H25N5O3/c27-18-14-23-17(13-24-18)20(29)25-11-7-21(8-12-25)6-4-19(28)26(15-21)10-5-16-3-1-2-9-22-16/h1-3,9,13-14H,4-8,10-12,15H2,(H,24,27). The maximum Gasteiger partial charge on any atom is 0.273 e. The molecule has 1 spiro atoms. The van der Waals surface area contributed by atoms with Crippen LogP contribution in [-0.2, 0) is 11.2 Å². The first-order chi connectivity index (χ1) is 14.0. The highest BCUT2D eigenvalue weighted by molar-refractivity contribution is 5.92. The van der Waals surface area contributed by atoms with Crippen molar-refractivity contribution in [1.29, 1.82) is 0 Å². The van der Waals surface area contributed by atoms with E-state index in [1.54, 1.807) is 11.1 Å². The van der Waals surface area contributed by atoms with Gasteiger partial charge >= 0.3 is 0 Å². The second-order valence-electron chi connectivity index (χ2n) is 7.97. The first-order valence-corrected chi connectivity index (χ1v) is 10.1. The molecule has 2 aromatic heterocycles. The lowest BCUT2D eigenvalue weighted by Gasteiger charge is -2.47. The zero-order valence-electron chi connectivity index (χ0n) is 16.3. The fourth-order valence-corrected chi connectivity index (χ4v) is 4.32. The van der Waals surface area contributed by atoms with Gasteiger partial charge in [0, 0.05) is 57.1 Å². The Hall–Kier alpha value is -3.03. The molecule has 2 amide bonds. The highest BCUT2D eigenvalue weighted by atomic mass is 16.2. The van der Waals surface area contributed by atoms with Crippen LogP contribution in [0.2, 0.25) is 0 Å². The van der Waals surface area contributed by atoms with Crippen molar-refractivity contribution in [2.24, 2.45) is 5.41 Å². The maximum absolute atomic E-state index is 12.6. The molecule has 2 aliphatic rings. The fraction of sp³-hybridized carbons (Fsp3) is 0.476. The van der Waals surface area contributed by atoms with Crippen molar-refractivity contribution in [3.63, 3.8) is 0 Å². The lowest BCUT2D eigenvalue weighted by Crippen LogP contribution is -2.52. The van der Waals surface area contributed by atoms with Crippen LogP contribution in [0.1, 0.15) is 41.9 Å². The van der Waals surface area contributed by atoms with Crippen LogP contribution in [0.5, 0.6) is 0 Å². The van der Waals surface area contributed by atoms with Crippen molar-refractivity contribution in [3.05, 3.63) is 58.5 Å². The molecule has 8 heteroatoms. The number of rotatable bonds is 4. The predicted octanol–water partition coefficient (Wildman–Crippen LogP) is 1.25. The molecule has 1 N–H and O–H groups in total. The Bertz CT molecular complexity index is 914. The highest BCUT2D eigenvalue weighted by Gasteiger charge is 2.41. The zero-order chi connectivity index (χ0) is 20.3. The Labute approximate surface area is 169 Å². The predicted molar refractivity (Wildman–Crippen MR) is 106 cm³/mol. The van der Waals surface area contributed by atoms with E-state index in [2.05, 4.69) is 15.0 Å². The van der Waals surface area contributed by atoms with Gasteiger partial charge in [-0.15, -0.1) is 0 Å². The van der Waals surface area contributed by atoms with Gasteiger partial charge in [-0.25, -0.2) is 4.98 Å². The molecule has 4 heterocycles. The Morgan fingerprint density at radius 2 is 1.97 bits per heavy atom. The number of amides is 2. The van der Waals surface area contributed by atoms with E-state index in [1.165, 1.54) is 6.20 Å². The lowest BCUT2D eigenvalue weighted by atomic mass is 9.72. The van der Waals surface area contributed by atoms with Gasteiger partial charge in [-0.2, -0.15) is 0 Å². The van der Waals surface area contributed by atoms with Crippen molar-refractivity contribution >= 4 is 11.8 Å². The SMILES string of the molecule is O=C1CCC2(CCN(C(=O)c3c[nH]c(=O)cn3)CC2)CN1CCc1ccccn1. The molecule has 0 aliphatic carbocycles. The molecular formula is C21H25N5O3. The summed E-state index contributed by atoms with van der Waals surface area (Å²) in [5.41, 5.74) is 1.01. The van der Waals surface area contributed by atoms with Gasteiger partial charge in [0.1, 0.15) is 5.69 Å². The van der Waals surface area contributed by atoms with Crippen LogP contribution in [0.4, 0.5) is 0 Å². The average Bonchev–Trinajstić information content (AvgIpc) is 2.76. The molecule has 2 aromatic rings. The number of piperidine rings is 2. The molecule has 152 valence electrons. The summed E-state index contributed by atoms with van der Waals surface area (Å²) >= 11 is 0. The Balaban J connectivity index is 1.35.